The van der Waals surface area contributed by atoms with Crippen molar-refractivity contribution in [3.8, 4) is 0 Å². The van der Waals surface area contributed by atoms with Crippen LogP contribution in [0.1, 0.15) is 0 Å². The average molecular weight is 484 g/mol. The molecule has 0 fully saturated rings. The average Bonchev–Trinajstić information content (AvgIpc) is 1.00. The summed E-state index contributed by atoms with van der Waals surface area (Å²) in [5.41, 5.74) is 0. The minimum Gasteiger partial charge on any atom is 0 e. The van der Waals surface area contributed by atoms with Crippen LogP contribution in [-0.2, 0) is 82.8 Å². The van der Waals surface area contributed by atoms with Gasteiger partial charge in [-0.1, -0.05) is 0 Å². The normalized spacial score (nSPS) is 0.800. The molecule has 0 heterocycles. The second-order valence-corrected chi connectivity index (χ2v) is 0. The molecule has 0 aromatic rings. The molecule has 0 rings (SSSR count). The summed E-state index contributed by atoms with van der Waals surface area (Å²) in [6, 6.07) is 0. The third kappa shape index (κ3) is 17.8. The Morgan fingerprint density at radius 1 is 1.00 bits per heavy atom. The van der Waals surface area contributed by atoms with Crippen LogP contribution in [0, 0.1) is 40.8 Å². The molecule has 0 aliphatic heterocycles. The topological polar surface area (TPSA) is 0 Å². The molecule has 0 unspecified atom stereocenters. The quantitative estimate of drug-likeness (QED) is 0.426. The van der Waals surface area contributed by atoms with Crippen molar-refractivity contribution in [1.29, 1.82) is 0 Å². The zero-order valence-corrected chi connectivity index (χ0v) is 13.3. The van der Waals surface area contributed by atoms with Gasteiger partial charge in [-0.2, -0.15) is 0 Å². The molecule has 0 N–H and O–H groups in total. The van der Waals surface area contributed by atoms with Crippen molar-refractivity contribution in [2.75, 3.05) is 0 Å². The Morgan fingerprint density at radius 2 is 1.00 bits per heavy atom. The fourth-order valence-electron chi connectivity index (χ4n) is 0. The van der Waals surface area contributed by atoms with Gasteiger partial charge in [-0.3, -0.25) is 0 Å². The van der Waals surface area contributed by atoms with E-state index in [0.717, 1.165) is 0 Å². The molecule has 5 heteroatoms. The van der Waals surface area contributed by atoms with Gasteiger partial charge >= 0.3 is 33.6 Å². The third-order valence-electron chi connectivity index (χ3n) is 0. The first-order valence-corrected chi connectivity index (χ1v) is 5.83. The van der Waals surface area contributed by atoms with E-state index in [2.05, 4.69) is 0 Å². The van der Waals surface area contributed by atoms with Crippen molar-refractivity contribution in [2.24, 2.45) is 0 Å². The summed E-state index contributed by atoms with van der Waals surface area (Å²) in [5, 5.41) is 0. The van der Waals surface area contributed by atoms with Gasteiger partial charge in [0, 0.05) is 90.0 Å². The first-order valence-electron chi connectivity index (χ1n) is 0.167. The van der Waals surface area contributed by atoms with Crippen LogP contribution < -0.4 is 0 Å². The van der Waals surface area contributed by atoms with Crippen molar-refractivity contribution < 1.29 is 124 Å². The van der Waals surface area contributed by atoms with Crippen molar-refractivity contribution in [3.05, 3.63) is 0 Å². The summed E-state index contributed by atoms with van der Waals surface area (Å²) >= 11 is 3.92. The maximum absolute atomic E-state index is 1.96. The summed E-state index contributed by atoms with van der Waals surface area (Å²) in [4.78, 5) is 0. The van der Waals surface area contributed by atoms with Gasteiger partial charge in [0.15, 0.2) is 0 Å². The van der Waals surface area contributed by atoms with Gasteiger partial charge in [0.05, 0.1) is 0 Å². The summed E-state index contributed by atoms with van der Waals surface area (Å²) in [5.74, 6) is 0. The molecule has 0 atom stereocenters. The van der Waals surface area contributed by atoms with E-state index in [9.17, 15) is 0 Å². The number of hydrogen-bond acceptors (Lipinski definition) is 0. The largest absolute Gasteiger partial charge is 0 e. The van der Waals surface area contributed by atoms with Crippen LogP contribution in [0.15, 0.2) is 0 Å². The molecule has 5 heavy (non-hydrogen) atoms. The molecule has 0 aliphatic rings. The maximum atomic E-state index is 1.96. The molecule has 0 amide bonds. The van der Waals surface area contributed by atoms with Gasteiger partial charge < -0.3 is 0 Å². The Labute approximate surface area is 120 Å². The van der Waals surface area contributed by atoms with Crippen molar-refractivity contribution >= 4 is 0 Å². The standard InChI is InChI=1S/2Mo.Nd.Ni.Y. The minimum atomic E-state index is 0. The van der Waals surface area contributed by atoms with Gasteiger partial charge in [-0.05, 0) is 0 Å². The Morgan fingerprint density at radius 3 is 1.00 bits per heavy atom. The second kappa shape index (κ2) is 23.9. The monoisotopic (exact) mass is 485 g/mol. The summed E-state index contributed by atoms with van der Waals surface area (Å²) in [6.07, 6.45) is 0. The van der Waals surface area contributed by atoms with Crippen LogP contribution in [0.5, 0.6) is 0 Å². The molecule has 0 saturated carbocycles. The minimum absolute atomic E-state index is 0. The van der Waals surface area contributed by atoms with E-state index in [1.165, 1.54) is 0 Å². The summed E-state index contributed by atoms with van der Waals surface area (Å²) in [7, 11) is 0. The molecule has 29 valence electrons. The zero-order chi connectivity index (χ0) is 2.00. The number of hydrogen-bond donors (Lipinski definition) is 0. The Bertz CT molecular complexity index is 9.61. The van der Waals surface area contributed by atoms with E-state index < -0.39 is 0 Å². The number of rotatable bonds is 0. The van der Waals surface area contributed by atoms with E-state index in [4.69, 9.17) is 0 Å². The van der Waals surface area contributed by atoms with Crippen LogP contribution in [0.25, 0.3) is 0 Å². The molecular weight excluding hydrogens is 484 g/mol. The maximum Gasteiger partial charge on any atom is 0 e. The summed E-state index contributed by atoms with van der Waals surface area (Å²) < 4.78 is 0. The van der Waals surface area contributed by atoms with Crippen LogP contribution in [-0.4, -0.2) is 0 Å². The molecule has 0 bridgehead atoms. The predicted molar refractivity (Wildman–Crippen MR) is 0 cm³/mol. The SMILES string of the molecule is [Mo][Mo].[Nd].[Ni].[Y]. The van der Waals surface area contributed by atoms with Gasteiger partial charge in [0.1, 0.15) is 0 Å². The third-order valence-corrected chi connectivity index (χ3v) is 0. The first kappa shape index (κ1) is 22.8. The van der Waals surface area contributed by atoms with Crippen LogP contribution >= 0.6 is 0 Å². The Hall–Kier alpha value is 4.32. The van der Waals surface area contributed by atoms with Crippen LogP contribution in [0.3, 0.4) is 0 Å². The Kier molecular flexibility index (Phi) is 109. The Balaban J connectivity index is -0.00000000167. The molecule has 1 radical (unpaired) electrons. The molecule has 0 aliphatic carbocycles. The van der Waals surface area contributed by atoms with E-state index in [1.54, 1.807) is 0 Å². The van der Waals surface area contributed by atoms with Gasteiger partial charge in [0.2, 0.25) is 0 Å². The van der Waals surface area contributed by atoms with Gasteiger partial charge in [0.25, 0.3) is 0 Å². The zero-order valence-electron chi connectivity index (χ0n) is 2.21. The fraction of sp³-hybridized carbons (Fsp3) is 0. The molecule has 0 aromatic carbocycles. The van der Waals surface area contributed by atoms with Crippen LogP contribution in [0.4, 0.5) is 0 Å². The van der Waals surface area contributed by atoms with Crippen molar-refractivity contribution in [3.63, 3.8) is 0 Å². The molecule has 0 nitrogen and oxygen atoms in total. The fourth-order valence-corrected chi connectivity index (χ4v) is 0. The van der Waals surface area contributed by atoms with Gasteiger partial charge in [-0.15, -0.1) is 0 Å². The predicted octanol–water partition coefficient (Wildman–Crippen LogP) is -0.0100. The summed E-state index contributed by atoms with van der Waals surface area (Å²) in [6.45, 7) is 0. The van der Waals surface area contributed by atoms with E-state index in [-0.39, 0.29) is 90.0 Å². The van der Waals surface area contributed by atoms with Crippen LogP contribution in [0.2, 0.25) is 0 Å². The van der Waals surface area contributed by atoms with E-state index >= 15 is 0 Å². The molecule has 0 spiro atoms. The molecule has 0 aromatic heterocycles. The first-order chi connectivity index (χ1) is 1.00. The smallest absolute Gasteiger partial charge is 0 e. The van der Waals surface area contributed by atoms with Crippen molar-refractivity contribution in [1.82, 2.24) is 0 Å². The van der Waals surface area contributed by atoms with Gasteiger partial charge in [-0.25, -0.2) is 0 Å². The van der Waals surface area contributed by atoms with E-state index in [1.807, 2.05) is 33.6 Å². The van der Waals surface area contributed by atoms with E-state index in [0.29, 0.717) is 0 Å². The molecule has 0 saturated heterocycles. The molecular formula is Mo2NdNiY. The van der Waals surface area contributed by atoms with Crippen molar-refractivity contribution in [2.45, 2.75) is 0 Å². The second-order valence-electron chi connectivity index (χ2n) is 0.